The van der Waals surface area contributed by atoms with Gasteiger partial charge in [0.15, 0.2) is 0 Å². The van der Waals surface area contributed by atoms with Crippen LogP contribution in [0.2, 0.25) is 0 Å². The molecule has 9 aliphatic rings. The van der Waals surface area contributed by atoms with Gasteiger partial charge in [0.1, 0.15) is 0 Å². The molecule has 0 atom stereocenters. The maximum Gasteiger partial charge on any atom is 0.0482 e. The summed E-state index contributed by atoms with van der Waals surface area (Å²) < 4.78 is 0. The van der Waals surface area contributed by atoms with Crippen molar-refractivity contribution in [1.82, 2.24) is 19.9 Å². The molecule has 0 radical (unpaired) electrons. The second kappa shape index (κ2) is 34.5. The molecule has 0 aliphatic heterocycles. The first-order chi connectivity index (χ1) is 59.2. The van der Waals surface area contributed by atoms with E-state index < -0.39 is 0 Å². The normalized spacial score (nSPS) is 13.6. The van der Waals surface area contributed by atoms with Crippen LogP contribution in [0, 0.1) is 48.5 Å². The number of pyridine rings is 4. The van der Waals surface area contributed by atoms with Gasteiger partial charge in [0.05, 0.1) is 0 Å². The molecule has 4 heteroatoms. The number of hydrogen-bond acceptors (Lipinski definition) is 4. The first kappa shape index (κ1) is 78.1. The largest absolute Gasteiger partial charge is 0.264 e. The maximum absolute atomic E-state index is 4.45. The van der Waals surface area contributed by atoms with Crippen molar-refractivity contribution in [2.45, 2.75) is 164 Å². The van der Waals surface area contributed by atoms with Crippen LogP contribution in [-0.4, -0.2) is 19.9 Å². The van der Waals surface area contributed by atoms with Gasteiger partial charge in [0.2, 0.25) is 0 Å². The Kier molecular flexibility index (Phi) is 22.3. The van der Waals surface area contributed by atoms with Gasteiger partial charge in [-0.2, -0.15) is 0 Å². The lowest BCUT2D eigenvalue weighted by Crippen LogP contribution is -2.16. The smallest absolute Gasteiger partial charge is 0.0482 e. The van der Waals surface area contributed by atoms with Gasteiger partial charge in [0.25, 0.3) is 0 Å². The molecule has 0 spiro atoms. The zero-order valence-electron chi connectivity index (χ0n) is 71.3. The van der Waals surface area contributed by atoms with Crippen molar-refractivity contribution >= 4 is 0 Å². The third-order valence-corrected chi connectivity index (χ3v) is 27.2. The van der Waals surface area contributed by atoms with Gasteiger partial charge in [0, 0.05) is 61.4 Å². The highest BCUT2D eigenvalue weighted by atomic mass is 14.7. The summed E-state index contributed by atoms with van der Waals surface area (Å²) >= 11 is 0. The van der Waals surface area contributed by atoms with E-state index in [2.05, 4.69) is 317 Å². The summed E-state index contributed by atoms with van der Waals surface area (Å²) in [4.78, 5) is 17.3. The highest BCUT2D eigenvalue weighted by Crippen LogP contribution is 2.40. The van der Waals surface area contributed by atoms with E-state index >= 15 is 0 Å². The van der Waals surface area contributed by atoms with E-state index in [0.717, 1.165) is 116 Å². The predicted molar refractivity (Wildman–Crippen MR) is 498 cm³/mol. The topological polar surface area (TPSA) is 51.6 Å². The Morgan fingerprint density at radius 2 is 0.388 bits per heavy atom. The predicted octanol–water partition coefficient (Wildman–Crippen LogP) is 25.0. The summed E-state index contributed by atoms with van der Waals surface area (Å²) in [6, 6.07) is 96.2. The van der Waals surface area contributed by atoms with E-state index in [9.17, 15) is 0 Å². The monoisotopic (exact) mass is 1570 g/mol. The molecule has 0 fully saturated rings. The molecule has 4 heterocycles. The molecule has 0 saturated carbocycles. The van der Waals surface area contributed by atoms with Crippen molar-refractivity contribution in [1.29, 1.82) is 0 Å². The summed E-state index contributed by atoms with van der Waals surface area (Å²) in [6.45, 7) is 15.3. The lowest BCUT2D eigenvalue weighted by Gasteiger charge is -2.28. The summed E-state index contributed by atoms with van der Waals surface area (Å²) in [5, 5.41) is 0. The van der Waals surface area contributed by atoms with Crippen LogP contribution in [0.1, 0.15) is 239 Å². The van der Waals surface area contributed by atoms with Gasteiger partial charge in [-0.05, 0) is 381 Å². The maximum atomic E-state index is 4.45. The molecule has 25 rings (SSSR count). The van der Waals surface area contributed by atoms with Crippen LogP contribution in [0.4, 0.5) is 0 Å². The van der Waals surface area contributed by atoms with Crippen molar-refractivity contribution in [3.63, 3.8) is 0 Å². The summed E-state index contributed by atoms with van der Waals surface area (Å²) in [6.07, 6.45) is 30.9. The van der Waals surface area contributed by atoms with Crippen LogP contribution >= 0.6 is 0 Å². The Labute approximate surface area is 716 Å². The molecule has 0 bridgehead atoms. The van der Waals surface area contributed by atoms with Gasteiger partial charge < -0.3 is 0 Å². The van der Waals surface area contributed by atoms with Gasteiger partial charge >= 0.3 is 0 Å². The van der Waals surface area contributed by atoms with Crippen molar-refractivity contribution in [3.05, 3.63) is 538 Å². The Bertz CT molecular complexity index is 6210. The van der Waals surface area contributed by atoms with Crippen LogP contribution in [0.3, 0.4) is 0 Å². The number of hydrogen-bond donors (Lipinski definition) is 0. The molecular weight excluding hydrogens is 1460 g/mol. The minimum atomic E-state index is 0.992. The van der Waals surface area contributed by atoms with Crippen molar-refractivity contribution in [2.75, 3.05) is 0 Å². The minimum Gasteiger partial charge on any atom is -0.264 e. The molecule has 4 aromatic heterocycles. The van der Waals surface area contributed by atoms with Crippen LogP contribution < -0.4 is 0 Å². The first-order valence-corrected chi connectivity index (χ1v) is 43.9. The molecule has 12 aromatic carbocycles. The fourth-order valence-corrected chi connectivity index (χ4v) is 20.4. The van der Waals surface area contributed by atoms with E-state index in [-0.39, 0.29) is 0 Å². The third kappa shape index (κ3) is 17.1. The molecule has 0 saturated heterocycles. The number of benzene rings is 12. The van der Waals surface area contributed by atoms with Crippen LogP contribution in [0.25, 0.3) is 0 Å². The van der Waals surface area contributed by atoms with Gasteiger partial charge in [-0.15, -0.1) is 0 Å². The van der Waals surface area contributed by atoms with Crippen molar-refractivity contribution in [2.24, 2.45) is 0 Å². The number of fused-ring (bicyclic) bond motifs is 19. The van der Waals surface area contributed by atoms with E-state index in [1.165, 1.54) is 184 Å². The fraction of sp³-hybridized carbons (Fsp3) is 0.214. The SMILES string of the molecule is Cc1ccc2c(c1)Cc1cccnc1C2.Cc1ccc2c(c1)Cc1ccncc1C2.Cc1ccc2c(c1)Cc1cnccc1C2.Cc1ccc2c(c1)Cc1ncccc1C2.Cc1cccc2c1Cc1cc3c(cc1C2)Cc1ccccc1C3.Cc1cccc2c1Cc1ccc3c(c1C2)Cc1ccccc1C3.Cc1cccc2c1Cc1ccccc1C2. The third-order valence-electron chi connectivity index (χ3n) is 27.2. The first-order valence-electron chi connectivity index (χ1n) is 43.9. The number of aromatic nitrogens is 4. The molecule has 4 nitrogen and oxygen atoms in total. The van der Waals surface area contributed by atoms with Crippen LogP contribution in [0.15, 0.2) is 298 Å². The van der Waals surface area contributed by atoms with E-state index in [0.29, 0.717) is 0 Å². The molecule has 121 heavy (non-hydrogen) atoms. The van der Waals surface area contributed by atoms with E-state index in [1.54, 1.807) is 55.6 Å². The average Bonchev–Trinajstić information content (AvgIpc) is 0.755. The molecule has 0 amide bonds. The number of rotatable bonds is 0. The lowest BCUT2D eigenvalue weighted by molar-refractivity contribution is 0.914. The standard InChI is InChI=1S/2C23H20.C15H14.4C14H13N/c1-15-5-4-8-18-11-21-12-19-9-16-6-2-3-7-17(16)10-20(19)13-22(21)14-23(15)18;1-15-5-4-8-18-14-23-20(13-21(15)18)10-9-19-11-16-6-2-3-7-17(16)12-22(19)23;1-11-5-4-8-14-9-12-6-2-3-7-13(12)10-15(11)14;1-10-2-3-11-8-14-9-15-5-4-12(14)7-13(11)6-10;1-10-2-3-11-7-12-4-5-15-9-14(12)8-13(11)6-10;1-10-4-5-11-9-14-12(3-2-6-15-14)8-13(11)7-10;1-10-4-5-11-8-12-3-2-6-15-14(12)9-13(11)7-10/h2-8,12-13H,9-11,14H2,1H3;2-10H,11-14H2,1H3;2-8H,9-10H2,1H3;2*2-6,9H,7-8H2,1H3;2*2-7H,8-9H2,1H3. The zero-order valence-corrected chi connectivity index (χ0v) is 71.3. The average molecular weight is 1570 g/mol. The van der Waals surface area contributed by atoms with E-state index in [4.69, 9.17) is 0 Å². The number of aryl methyl sites for hydroxylation is 7. The summed E-state index contributed by atoms with van der Waals surface area (Å²) in [5.41, 5.74) is 63.0. The Morgan fingerprint density at radius 3 is 0.826 bits per heavy atom. The Balaban J connectivity index is 0.0000000940. The Morgan fingerprint density at radius 1 is 0.157 bits per heavy atom. The summed E-state index contributed by atoms with van der Waals surface area (Å²) in [7, 11) is 0. The highest BCUT2D eigenvalue weighted by Gasteiger charge is 2.27. The molecule has 16 aromatic rings. The van der Waals surface area contributed by atoms with Crippen molar-refractivity contribution in [3.8, 4) is 0 Å². The second-order valence-corrected chi connectivity index (χ2v) is 35.5. The molecule has 0 unspecified atom stereocenters. The Hall–Kier alpha value is -12.8. The zero-order chi connectivity index (χ0) is 82.0. The van der Waals surface area contributed by atoms with Crippen molar-refractivity contribution < 1.29 is 0 Å². The van der Waals surface area contributed by atoms with Crippen LogP contribution in [-0.2, 0) is 116 Å². The fourth-order valence-electron chi connectivity index (χ4n) is 20.4. The van der Waals surface area contributed by atoms with Gasteiger partial charge in [-0.3, -0.25) is 19.9 Å². The minimum absolute atomic E-state index is 0.992. The highest BCUT2D eigenvalue weighted by molar-refractivity contribution is 5.60. The molecule has 9 aliphatic carbocycles. The lowest BCUT2D eigenvalue weighted by atomic mass is 9.76. The summed E-state index contributed by atoms with van der Waals surface area (Å²) in [5.74, 6) is 0. The second-order valence-electron chi connectivity index (χ2n) is 35.5. The number of nitrogens with zero attached hydrogens (tertiary/aromatic N) is 4. The molecule has 0 N–H and O–H groups in total. The van der Waals surface area contributed by atoms with Gasteiger partial charge in [-0.1, -0.05) is 259 Å². The molecular formula is C117H106N4. The molecule has 594 valence electrons. The van der Waals surface area contributed by atoms with E-state index in [1.807, 2.05) is 49.3 Å². The van der Waals surface area contributed by atoms with Gasteiger partial charge in [-0.25, -0.2) is 0 Å². The quantitative estimate of drug-likeness (QED) is 0.152. The van der Waals surface area contributed by atoms with Crippen LogP contribution in [0.5, 0.6) is 0 Å².